The molecule has 0 radical (unpaired) electrons. The molecule has 1 aliphatic rings. The Hall–Kier alpha value is -0.930. The zero-order valence-electron chi connectivity index (χ0n) is 9.48. The fourth-order valence-corrected chi connectivity index (χ4v) is 2.43. The molecule has 2 atom stereocenters. The predicted molar refractivity (Wildman–Crippen MR) is 61.7 cm³/mol. The molecule has 1 fully saturated rings. The van der Waals surface area contributed by atoms with Gasteiger partial charge in [-0.25, -0.2) is 0 Å². The van der Waals surface area contributed by atoms with Gasteiger partial charge >= 0.3 is 0 Å². The number of hydrogen-bond acceptors (Lipinski definition) is 3. The van der Waals surface area contributed by atoms with Crippen LogP contribution in [0, 0.1) is 0 Å². The van der Waals surface area contributed by atoms with E-state index in [0.29, 0.717) is 12.1 Å². The van der Waals surface area contributed by atoms with Gasteiger partial charge in [0.15, 0.2) is 0 Å². The van der Waals surface area contributed by atoms with Crippen molar-refractivity contribution in [2.45, 2.75) is 24.9 Å². The summed E-state index contributed by atoms with van der Waals surface area (Å²) in [4.78, 5) is 6.36. The van der Waals surface area contributed by atoms with Gasteiger partial charge in [0.25, 0.3) is 0 Å². The van der Waals surface area contributed by atoms with Gasteiger partial charge in [-0.1, -0.05) is 0 Å². The molecule has 0 bridgehead atoms. The summed E-state index contributed by atoms with van der Waals surface area (Å²) >= 11 is 0. The Bertz CT molecular complexity index is 291. The van der Waals surface area contributed by atoms with Gasteiger partial charge in [0.05, 0.1) is 0 Å². The van der Waals surface area contributed by atoms with Gasteiger partial charge in [-0.05, 0) is 51.2 Å². The quantitative estimate of drug-likeness (QED) is 0.809. The number of pyridine rings is 1. The van der Waals surface area contributed by atoms with E-state index in [-0.39, 0.29) is 0 Å². The Morgan fingerprint density at radius 3 is 2.67 bits per heavy atom. The molecule has 0 saturated carbocycles. The summed E-state index contributed by atoms with van der Waals surface area (Å²) in [6.45, 7) is 1.15. The number of nitrogens with one attached hydrogen (secondary N) is 1. The van der Waals surface area contributed by atoms with Gasteiger partial charge < -0.3 is 10.2 Å². The fourth-order valence-electron chi connectivity index (χ4n) is 2.43. The minimum atomic E-state index is 0.468. The first kappa shape index (κ1) is 10.6. The highest BCUT2D eigenvalue weighted by molar-refractivity contribution is 5.17. The summed E-state index contributed by atoms with van der Waals surface area (Å²) in [5.74, 6) is 0. The number of aromatic nitrogens is 1. The second-order valence-electron chi connectivity index (χ2n) is 4.39. The summed E-state index contributed by atoms with van der Waals surface area (Å²) in [6, 6.07) is 5.29. The number of likely N-dealkylation sites (N-methyl/N-ethyl adjacent to an activating group) is 1. The van der Waals surface area contributed by atoms with Crippen LogP contribution in [0.5, 0.6) is 0 Å². The van der Waals surface area contributed by atoms with Crippen LogP contribution in [-0.4, -0.2) is 36.6 Å². The zero-order valence-corrected chi connectivity index (χ0v) is 9.48. The van der Waals surface area contributed by atoms with Crippen molar-refractivity contribution in [3.8, 4) is 0 Å². The summed E-state index contributed by atoms with van der Waals surface area (Å²) in [6.07, 6.45) is 6.31. The van der Waals surface area contributed by atoms with Gasteiger partial charge in [0.1, 0.15) is 0 Å². The molecular weight excluding hydrogens is 186 g/mol. The van der Waals surface area contributed by atoms with Gasteiger partial charge in [-0.3, -0.25) is 4.98 Å². The molecule has 0 amide bonds. The third-order valence-electron chi connectivity index (χ3n) is 3.08. The van der Waals surface area contributed by atoms with Crippen molar-refractivity contribution >= 4 is 0 Å². The van der Waals surface area contributed by atoms with Crippen LogP contribution in [-0.2, 0) is 0 Å². The van der Waals surface area contributed by atoms with Crippen molar-refractivity contribution in [2.24, 2.45) is 0 Å². The van der Waals surface area contributed by atoms with E-state index >= 15 is 0 Å². The Labute approximate surface area is 91.5 Å². The molecule has 0 aliphatic carbocycles. The molecule has 1 aromatic heterocycles. The lowest BCUT2D eigenvalue weighted by Gasteiger charge is -2.30. The Balaban J connectivity index is 2.19. The first-order valence-electron chi connectivity index (χ1n) is 5.59. The van der Waals surface area contributed by atoms with Gasteiger partial charge in [-0.2, -0.15) is 0 Å². The van der Waals surface area contributed by atoms with Crippen molar-refractivity contribution in [3.63, 3.8) is 0 Å². The normalized spacial score (nSPS) is 23.3. The molecule has 1 aliphatic heterocycles. The van der Waals surface area contributed by atoms with E-state index in [1.165, 1.54) is 18.4 Å². The molecule has 82 valence electrons. The second kappa shape index (κ2) is 4.73. The molecule has 0 spiro atoms. The summed E-state index contributed by atoms with van der Waals surface area (Å²) in [5, 5.41) is 3.57. The molecule has 1 saturated heterocycles. The standard InChI is InChI=1S/C12H19N3/c1-15(2)12(11-4-3-7-14-11)10-5-8-13-9-6-10/h5-6,8-9,11-12,14H,3-4,7H2,1-2H3. The van der Waals surface area contributed by atoms with E-state index in [0.717, 1.165) is 6.54 Å². The van der Waals surface area contributed by atoms with Crippen molar-refractivity contribution in [3.05, 3.63) is 30.1 Å². The highest BCUT2D eigenvalue weighted by Gasteiger charge is 2.27. The molecule has 3 heteroatoms. The maximum absolute atomic E-state index is 4.07. The molecule has 3 nitrogen and oxygen atoms in total. The zero-order chi connectivity index (χ0) is 10.7. The molecule has 2 unspecified atom stereocenters. The Kier molecular flexibility index (Phi) is 3.34. The molecule has 15 heavy (non-hydrogen) atoms. The van der Waals surface area contributed by atoms with Crippen LogP contribution in [0.25, 0.3) is 0 Å². The molecule has 1 aromatic rings. The molecule has 2 heterocycles. The van der Waals surface area contributed by atoms with Crippen molar-refractivity contribution in [1.29, 1.82) is 0 Å². The van der Waals surface area contributed by atoms with Crippen LogP contribution in [0.2, 0.25) is 0 Å². The van der Waals surface area contributed by atoms with E-state index in [4.69, 9.17) is 0 Å². The largest absolute Gasteiger partial charge is 0.312 e. The maximum Gasteiger partial charge on any atom is 0.0497 e. The van der Waals surface area contributed by atoms with Crippen LogP contribution < -0.4 is 5.32 Å². The van der Waals surface area contributed by atoms with Crippen molar-refractivity contribution in [1.82, 2.24) is 15.2 Å². The van der Waals surface area contributed by atoms with Gasteiger partial charge in [0.2, 0.25) is 0 Å². The van der Waals surface area contributed by atoms with Crippen LogP contribution in [0.4, 0.5) is 0 Å². The molecule has 2 rings (SSSR count). The second-order valence-corrected chi connectivity index (χ2v) is 4.39. The monoisotopic (exact) mass is 205 g/mol. The summed E-state index contributed by atoms with van der Waals surface area (Å²) in [5.41, 5.74) is 1.36. The van der Waals surface area contributed by atoms with E-state index in [1.54, 1.807) is 0 Å². The molecule has 1 N–H and O–H groups in total. The number of nitrogens with zero attached hydrogens (tertiary/aromatic N) is 2. The highest BCUT2D eigenvalue weighted by Crippen LogP contribution is 2.26. The lowest BCUT2D eigenvalue weighted by atomic mass is 9.98. The number of rotatable bonds is 3. The van der Waals surface area contributed by atoms with Crippen molar-refractivity contribution < 1.29 is 0 Å². The smallest absolute Gasteiger partial charge is 0.0497 e. The van der Waals surface area contributed by atoms with Crippen LogP contribution in [0.1, 0.15) is 24.4 Å². The van der Waals surface area contributed by atoms with Gasteiger partial charge in [0, 0.05) is 24.5 Å². The Morgan fingerprint density at radius 2 is 2.13 bits per heavy atom. The Morgan fingerprint density at radius 1 is 1.40 bits per heavy atom. The van der Waals surface area contributed by atoms with Crippen LogP contribution >= 0.6 is 0 Å². The van der Waals surface area contributed by atoms with Gasteiger partial charge in [-0.15, -0.1) is 0 Å². The first-order chi connectivity index (χ1) is 7.29. The SMILES string of the molecule is CN(C)C(c1ccncc1)C1CCCN1. The first-order valence-corrected chi connectivity index (χ1v) is 5.59. The van der Waals surface area contributed by atoms with E-state index in [9.17, 15) is 0 Å². The van der Waals surface area contributed by atoms with E-state index < -0.39 is 0 Å². The number of hydrogen-bond donors (Lipinski definition) is 1. The molecular formula is C12H19N3. The third-order valence-corrected chi connectivity index (χ3v) is 3.08. The van der Waals surface area contributed by atoms with Crippen LogP contribution in [0.15, 0.2) is 24.5 Å². The average Bonchev–Trinajstić information content (AvgIpc) is 2.72. The van der Waals surface area contributed by atoms with Crippen molar-refractivity contribution in [2.75, 3.05) is 20.6 Å². The van der Waals surface area contributed by atoms with E-state index in [2.05, 4.69) is 41.4 Å². The fraction of sp³-hybridized carbons (Fsp3) is 0.583. The highest BCUT2D eigenvalue weighted by atomic mass is 15.1. The minimum Gasteiger partial charge on any atom is -0.312 e. The minimum absolute atomic E-state index is 0.468. The summed E-state index contributed by atoms with van der Waals surface area (Å²) < 4.78 is 0. The lowest BCUT2D eigenvalue weighted by molar-refractivity contribution is 0.244. The predicted octanol–water partition coefficient (Wildman–Crippen LogP) is 1.44. The topological polar surface area (TPSA) is 28.2 Å². The molecule has 0 aromatic carbocycles. The van der Waals surface area contributed by atoms with E-state index in [1.807, 2.05) is 12.4 Å². The lowest BCUT2D eigenvalue weighted by Crippen LogP contribution is -2.37. The summed E-state index contributed by atoms with van der Waals surface area (Å²) in [7, 11) is 4.29. The third kappa shape index (κ3) is 2.36. The maximum atomic E-state index is 4.07. The van der Waals surface area contributed by atoms with Crippen LogP contribution in [0.3, 0.4) is 0 Å². The average molecular weight is 205 g/mol.